The summed E-state index contributed by atoms with van der Waals surface area (Å²) in [6, 6.07) is 3.49. The van der Waals surface area contributed by atoms with E-state index in [9.17, 15) is 4.39 Å². The third-order valence-corrected chi connectivity index (χ3v) is 3.74. The lowest BCUT2D eigenvalue weighted by Crippen LogP contribution is -2.43. The van der Waals surface area contributed by atoms with Crippen LogP contribution < -0.4 is 15.2 Å². The van der Waals surface area contributed by atoms with Crippen LogP contribution in [-0.4, -0.2) is 14.2 Å². The maximum atomic E-state index is 13.5. The van der Waals surface area contributed by atoms with Gasteiger partial charge in [-0.05, 0) is 43.9 Å². The first-order valence-corrected chi connectivity index (χ1v) is 6.21. The highest BCUT2D eigenvalue weighted by atomic mass is 19.1. The van der Waals surface area contributed by atoms with Gasteiger partial charge in [0.15, 0.2) is 11.5 Å². The predicted octanol–water partition coefficient (Wildman–Crippen LogP) is 3.07. The van der Waals surface area contributed by atoms with Gasteiger partial charge in [-0.3, -0.25) is 0 Å². The Kier molecular flexibility index (Phi) is 3.48. The van der Waals surface area contributed by atoms with Gasteiger partial charge in [0.05, 0.1) is 14.2 Å². The second-order valence-electron chi connectivity index (χ2n) is 4.93. The van der Waals surface area contributed by atoms with Crippen molar-refractivity contribution in [2.24, 2.45) is 5.73 Å². The molecule has 0 heterocycles. The third-order valence-electron chi connectivity index (χ3n) is 3.74. The fourth-order valence-corrected chi connectivity index (χ4v) is 2.41. The van der Waals surface area contributed by atoms with E-state index in [2.05, 4.69) is 0 Å². The lowest BCUT2D eigenvalue weighted by Gasteiger charge is -2.39. The number of hydrogen-bond acceptors (Lipinski definition) is 3. The minimum atomic E-state index is -1.05. The maximum absolute atomic E-state index is 13.5. The zero-order chi connectivity index (χ0) is 13.3. The highest BCUT2D eigenvalue weighted by molar-refractivity contribution is 5.53. The summed E-state index contributed by atoms with van der Waals surface area (Å²) in [6.45, 7) is 1.51. The SMILES string of the molecule is COc1cc(C(C)F)cc(C2(N)CCC2)c1OC. The van der Waals surface area contributed by atoms with Crippen molar-refractivity contribution in [3.05, 3.63) is 23.3 Å². The molecule has 1 aliphatic carbocycles. The molecule has 1 atom stereocenters. The molecule has 100 valence electrons. The number of hydrogen-bond donors (Lipinski definition) is 1. The summed E-state index contributed by atoms with van der Waals surface area (Å²) in [7, 11) is 3.14. The van der Waals surface area contributed by atoms with Gasteiger partial charge in [0.2, 0.25) is 0 Å². The fourth-order valence-electron chi connectivity index (χ4n) is 2.41. The molecule has 4 heteroatoms. The van der Waals surface area contributed by atoms with Crippen LogP contribution in [0, 0.1) is 0 Å². The van der Waals surface area contributed by atoms with Crippen molar-refractivity contribution >= 4 is 0 Å². The molecule has 0 bridgehead atoms. The normalized spacial score (nSPS) is 18.9. The second kappa shape index (κ2) is 4.76. The summed E-state index contributed by atoms with van der Waals surface area (Å²) < 4.78 is 24.2. The minimum Gasteiger partial charge on any atom is -0.493 e. The van der Waals surface area contributed by atoms with Crippen molar-refractivity contribution in [1.82, 2.24) is 0 Å². The molecule has 0 aliphatic heterocycles. The van der Waals surface area contributed by atoms with Gasteiger partial charge in [0.1, 0.15) is 6.17 Å². The highest BCUT2D eigenvalue weighted by Crippen LogP contribution is 2.47. The summed E-state index contributed by atoms with van der Waals surface area (Å²) in [6.07, 6.45) is 1.84. The molecule has 3 nitrogen and oxygen atoms in total. The van der Waals surface area contributed by atoms with Crippen molar-refractivity contribution in [1.29, 1.82) is 0 Å². The number of methoxy groups -OCH3 is 2. The van der Waals surface area contributed by atoms with Crippen molar-refractivity contribution in [3.63, 3.8) is 0 Å². The van der Waals surface area contributed by atoms with E-state index < -0.39 is 11.7 Å². The largest absolute Gasteiger partial charge is 0.493 e. The standard InChI is InChI=1S/C14H20FNO2/c1-9(15)10-7-11(14(16)5-4-6-14)13(18-3)12(8-10)17-2/h7-9H,4-6,16H2,1-3H3. The molecule has 0 saturated heterocycles. The van der Waals surface area contributed by atoms with Gasteiger partial charge < -0.3 is 15.2 Å². The summed E-state index contributed by atoms with van der Waals surface area (Å²) in [4.78, 5) is 0. The van der Waals surface area contributed by atoms with E-state index in [1.54, 1.807) is 20.3 Å². The molecule has 1 saturated carbocycles. The van der Waals surface area contributed by atoms with Crippen LogP contribution in [0.1, 0.15) is 43.5 Å². The van der Waals surface area contributed by atoms with Crippen LogP contribution >= 0.6 is 0 Å². The van der Waals surface area contributed by atoms with Gasteiger partial charge in [-0.1, -0.05) is 0 Å². The van der Waals surface area contributed by atoms with Crippen LogP contribution in [0.3, 0.4) is 0 Å². The number of alkyl halides is 1. The molecular formula is C14H20FNO2. The average Bonchev–Trinajstić information content (AvgIpc) is 2.33. The Labute approximate surface area is 107 Å². The molecule has 1 unspecified atom stereocenters. The molecule has 1 aromatic rings. The molecule has 0 spiro atoms. The van der Waals surface area contributed by atoms with E-state index in [-0.39, 0.29) is 0 Å². The van der Waals surface area contributed by atoms with E-state index >= 15 is 0 Å². The summed E-state index contributed by atoms with van der Waals surface area (Å²) in [5.74, 6) is 1.18. The lowest BCUT2D eigenvalue weighted by atomic mass is 9.72. The highest BCUT2D eigenvalue weighted by Gasteiger charge is 2.38. The Morgan fingerprint density at radius 1 is 1.28 bits per heavy atom. The number of benzene rings is 1. The smallest absolute Gasteiger partial charge is 0.165 e. The van der Waals surface area contributed by atoms with E-state index in [0.717, 1.165) is 24.8 Å². The van der Waals surface area contributed by atoms with Crippen LogP contribution in [0.15, 0.2) is 12.1 Å². The Bertz CT molecular complexity index is 442. The molecule has 1 fully saturated rings. The molecule has 18 heavy (non-hydrogen) atoms. The van der Waals surface area contributed by atoms with Gasteiger partial charge in [-0.2, -0.15) is 0 Å². The van der Waals surface area contributed by atoms with Crippen molar-refractivity contribution < 1.29 is 13.9 Å². The number of halogens is 1. The Hall–Kier alpha value is -1.29. The number of rotatable bonds is 4. The minimum absolute atomic E-state index is 0.399. The third kappa shape index (κ3) is 2.05. The zero-order valence-corrected chi connectivity index (χ0v) is 11.1. The Morgan fingerprint density at radius 3 is 2.33 bits per heavy atom. The average molecular weight is 253 g/mol. The lowest BCUT2D eigenvalue weighted by molar-refractivity contribution is 0.239. The van der Waals surface area contributed by atoms with Crippen LogP contribution in [0.5, 0.6) is 11.5 Å². The molecule has 1 aromatic carbocycles. The summed E-state index contributed by atoms with van der Waals surface area (Å²) in [5.41, 5.74) is 7.38. The zero-order valence-electron chi connectivity index (χ0n) is 11.1. The van der Waals surface area contributed by atoms with Gasteiger partial charge >= 0.3 is 0 Å². The molecule has 2 rings (SSSR count). The first-order valence-electron chi connectivity index (χ1n) is 6.21. The number of ether oxygens (including phenoxy) is 2. The summed E-state index contributed by atoms with van der Waals surface area (Å²) >= 11 is 0. The summed E-state index contributed by atoms with van der Waals surface area (Å²) in [5, 5.41) is 0. The Morgan fingerprint density at radius 2 is 1.94 bits per heavy atom. The monoisotopic (exact) mass is 253 g/mol. The van der Waals surface area contributed by atoms with Gasteiger partial charge in [-0.25, -0.2) is 4.39 Å². The first kappa shape index (κ1) is 13.1. The maximum Gasteiger partial charge on any atom is 0.165 e. The van der Waals surface area contributed by atoms with Crippen molar-refractivity contribution in [2.75, 3.05) is 14.2 Å². The van der Waals surface area contributed by atoms with Crippen LogP contribution in [-0.2, 0) is 5.54 Å². The van der Waals surface area contributed by atoms with Gasteiger partial charge in [0, 0.05) is 11.1 Å². The van der Waals surface area contributed by atoms with E-state index in [4.69, 9.17) is 15.2 Å². The first-order chi connectivity index (χ1) is 8.51. The molecule has 1 aliphatic rings. The molecule has 0 amide bonds. The van der Waals surface area contributed by atoms with E-state index in [1.807, 2.05) is 6.07 Å². The molecule has 2 N–H and O–H groups in total. The molecule has 0 radical (unpaired) electrons. The van der Waals surface area contributed by atoms with Gasteiger partial charge in [-0.15, -0.1) is 0 Å². The second-order valence-corrected chi connectivity index (χ2v) is 4.93. The number of nitrogens with two attached hydrogens (primary N) is 1. The van der Waals surface area contributed by atoms with Crippen LogP contribution in [0.25, 0.3) is 0 Å². The molecule has 0 aromatic heterocycles. The Balaban J connectivity index is 2.57. The van der Waals surface area contributed by atoms with Crippen molar-refractivity contribution in [2.45, 2.75) is 37.9 Å². The quantitative estimate of drug-likeness (QED) is 0.896. The predicted molar refractivity (Wildman–Crippen MR) is 68.8 cm³/mol. The van der Waals surface area contributed by atoms with E-state index in [0.29, 0.717) is 17.1 Å². The topological polar surface area (TPSA) is 44.5 Å². The molecular weight excluding hydrogens is 233 g/mol. The van der Waals surface area contributed by atoms with Crippen LogP contribution in [0.2, 0.25) is 0 Å². The van der Waals surface area contributed by atoms with Crippen LogP contribution in [0.4, 0.5) is 4.39 Å². The van der Waals surface area contributed by atoms with Crippen molar-refractivity contribution in [3.8, 4) is 11.5 Å². The van der Waals surface area contributed by atoms with Gasteiger partial charge in [0.25, 0.3) is 0 Å². The van der Waals surface area contributed by atoms with E-state index in [1.165, 1.54) is 6.92 Å². The fraction of sp³-hybridized carbons (Fsp3) is 0.571.